The zero-order valence-electron chi connectivity index (χ0n) is 9.19. The van der Waals surface area contributed by atoms with Gasteiger partial charge in [-0.1, -0.05) is 0 Å². The number of carbonyl (C=O) groups is 2. The highest BCUT2D eigenvalue weighted by molar-refractivity contribution is 7.09. The lowest BCUT2D eigenvalue weighted by Gasteiger charge is -2.30. The van der Waals surface area contributed by atoms with Crippen molar-refractivity contribution >= 4 is 23.3 Å². The van der Waals surface area contributed by atoms with Crippen LogP contribution in [0.25, 0.3) is 0 Å². The first-order valence-electron chi connectivity index (χ1n) is 5.10. The fourth-order valence-electron chi connectivity index (χ4n) is 1.64. The summed E-state index contributed by atoms with van der Waals surface area (Å²) in [4.78, 5) is 28.6. The largest absolute Gasteiger partial charge is 0.324 e. The van der Waals surface area contributed by atoms with Crippen LogP contribution in [0.5, 0.6) is 0 Å². The van der Waals surface area contributed by atoms with Crippen LogP contribution in [0, 0.1) is 6.92 Å². The third-order valence-electron chi connectivity index (χ3n) is 2.55. The van der Waals surface area contributed by atoms with E-state index < -0.39 is 0 Å². The number of nitrogens with one attached hydrogen (secondary N) is 1. The summed E-state index contributed by atoms with van der Waals surface area (Å²) in [5.41, 5.74) is 0.959. The summed E-state index contributed by atoms with van der Waals surface area (Å²) in [6.07, 6.45) is 0.362. The Kier molecular flexibility index (Phi) is 2.91. The molecule has 1 atom stereocenters. The molecular weight excluding hydrogens is 226 g/mol. The first-order valence-corrected chi connectivity index (χ1v) is 5.98. The van der Waals surface area contributed by atoms with Crippen LogP contribution >= 0.6 is 11.3 Å². The second kappa shape index (κ2) is 4.21. The van der Waals surface area contributed by atoms with Gasteiger partial charge in [0.15, 0.2) is 0 Å². The lowest BCUT2D eigenvalue weighted by atomic mass is 10.2. The van der Waals surface area contributed by atoms with Gasteiger partial charge in [0.25, 0.3) is 0 Å². The molecule has 0 bridgehead atoms. The summed E-state index contributed by atoms with van der Waals surface area (Å²) in [6.45, 7) is 4.31. The number of hydrogen-bond donors (Lipinski definition) is 1. The minimum Gasteiger partial charge on any atom is -0.315 e. The Bertz CT molecular complexity index is 429. The van der Waals surface area contributed by atoms with Crippen molar-refractivity contribution in [3.63, 3.8) is 0 Å². The highest BCUT2D eigenvalue weighted by Crippen LogP contribution is 2.24. The minimum atomic E-state index is -0.323. The molecule has 1 N–H and O–H groups in total. The molecule has 6 heteroatoms. The second-order valence-corrected chi connectivity index (χ2v) is 4.69. The molecule has 3 amide bonds. The molecule has 0 aliphatic carbocycles. The summed E-state index contributed by atoms with van der Waals surface area (Å²) in [6, 6.07) is -0.400. The zero-order valence-corrected chi connectivity index (χ0v) is 10.0. The van der Waals surface area contributed by atoms with Crippen molar-refractivity contribution in [2.75, 3.05) is 6.54 Å². The zero-order chi connectivity index (χ0) is 11.7. The number of imide groups is 1. The third kappa shape index (κ3) is 2.06. The molecule has 2 rings (SSSR count). The molecule has 86 valence electrons. The lowest BCUT2D eigenvalue weighted by Crippen LogP contribution is -2.50. The number of aryl methyl sites for hydroxylation is 1. The van der Waals surface area contributed by atoms with Crippen molar-refractivity contribution in [3.8, 4) is 0 Å². The van der Waals surface area contributed by atoms with Gasteiger partial charge < -0.3 is 4.90 Å². The summed E-state index contributed by atoms with van der Waals surface area (Å²) in [5.74, 6) is -0.205. The normalized spacial score (nSPS) is 18.5. The molecule has 1 aromatic rings. The van der Waals surface area contributed by atoms with E-state index in [0.29, 0.717) is 13.0 Å². The van der Waals surface area contributed by atoms with E-state index in [1.165, 1.54) is 11.3 Å². The molecule has 5 nitrogen and oxygen atoms in total. The highest BCUT2D eigenvalue weighted by Gasteiger charge is 2.28. The van der Waals surface area contributed by atoms with Gasteiger partial charge in [0.05, 0.1) is 6.04 Å². The number of rotatable bonds is 2. The van der Waals surface area contributed by atoms with Gasteiger partial charge >= 0.3 is 6.03 Å². The molecule has 1 saturated heterocycles. The van der Waals surface area contributed by atoms with Crippen LogP contribution in [-0.2, 0) is 4.79 Å². The Morgan fingerprint density at radius 1 is 1.56 bits per heavy atom. The van der Waals surface area contributed by atoms with Crippen molar-refractivity contribution < 1.29 is 9.59 Å². The molecule has 1 aromatic heterocycles. The van der Waals surface area contributed by atoms with Crippen LogP contribution in [0.15, 0.2) is 5.38 Å². The van der Waals surface area contributed by atoms with E-state index in [1.807, 2.05) is 19.2 Å². The average molecular weight is 239 g/mol. The van der Waals surface area contributed by atoms with Crippen molar-refractivity contribution in [1.82, 2.24) is 15.2 Å². The summed E-state index contributed by atoms with van der Waals surface area (Å²) in [7, 11) is 0. The maximum Gasteiger partial charge on any atom is 0.324 e. The van der Waals surface area contributed by atoms with Gasteiger partial charge in [0.1, 0.15) is 5.01 Å². The monoisotopic (exact) mass is 239 g/mol. The van der Waals surface area contributed by atoms with Crippen LogP contribution in [0.2, 0.25) is 0 Å². The summed E-state index contributed by atoms with van der Waals surface area (Å²) in [5, 5.41) is 5.17. The Balaban J connectivity index is 2.13. The number of carbonyl (C=O) groups excluding carboxylic acids is 2. The molecule has 0 spiro atoms. The van der Waals surface area contributed by atoms with E-state index in [0.717, 1.165) is 10.7 Å². The number of amides is 3. The smallest absolute Gasteiger partial charge is 0.315 e. The van der Waals surface area contributed by atoms with Crippen molar-refractivity contribution in [3.05, 3.63) is 16.1 Å². The number of hydrogen-bond acceptors (Lipinski definition) is 4. The molecule has 1 aliphatic rings. The van der Waals surface area contributed by atoms with Gasteiger partial charge in [-0.3, -0.25) is 10.1 Å². The SMILES string of the molecule is Cc1csc(C(C)N2CCC(=O)NC2=O)n1. The second-order valence-electron chi connectivity index (χ2n) is 3.80. The number of urea groups is 1. The van der Waals surface area contributed by atoms with Crippen LogP contribution < -0.4 is 5.32 Å². The molecule has 1 unspecified atom stereocenters. The van der Waals surface area contributed by atoms with Gasteiger partial charge in [-0.25, -0.2) is 9.78 Å². The fourth-order valence-corrected chi connectivity index (χ4v) is 2.51. The molecule has 0 radical (unpaired) electrons. The van der Waals surface area contributed by atoms with E-state index in [9.17, 15) is 9.59 Å². The average Bonchev–Trinajstić information content (AvgIpc) is 2.64. The maximum absolute atomic E-state index is 11.6. The predicted octanol–water partition coefficient (Wildman–Crippen LogP) is 1.45. The topological polar surface area (TPSA) is 62.3 Å². The van der Waals surface area contributed by atoms with Gasteiger partial charge in [0, 0.05) is 24.0 Å². The van der Waals surface area contributed by atoms with Gasteiger partial charge in [0.2, 0.25) is 5.91 Å². The van der Waals surface area contributed by atoms with Gasteiger partial charge in [-0.15, -0.1) is 11.3 Å². The Morgan fingerprint density at radius 3 is 2.88 bits per heavy atom. The third-order valence-corrected chi connectivity index (χ3v) is 3.68. The molecule has 2 heterocycles. The van der Waals surface area contributed by atoms with E-state index in [2.05, 4.69) is 10.3 Å². The van der Waals surface area contributed by atoms with E-state index in [4.69, 9.17) is 0 Å². The standard InChI is InChI=1S/C10H13N3O2S/c1-6-5-16-9(11-6)7(2)13-4-3-8(14)12-10(13)15/h5,7H,3-4H2,1-2H3,(H,12,14,15). The van der Waals surface area contributed by atoms with E-state index in [-0.39, 0.29) is 18.0 Å². The van der Waals surface area contributed by atoms with Crippen molar-refractivity contribution in [2.24, 2.45) is 0 Å². The van der Waals surface area contributed by atoms with Gasteiger partial charge in [-0.05, 0) is 13.8 Å². The molecular formula is C10H13N3O2S. The first kappa shape index (κ1) is 11.1. The fraction of sp³-hybridized carbons (Fsp3) is 0.500. The lowest BCUT2D eigenvalue weighted by molar-refractivity contribution is -0.121. The minimum absolute atomic E-state index is 0.0770. The van der Waals surface area contributed by atoms with E-state index in [1.54, 1.807) is 4.90 Å². The highest BCUT2D eigenvalue weighted by atomic mass is 32.1. The molecule has 16 heavy (non-hydrogen) atoms. The van der Waals surface area contributed by atoms with Crippen molar-refractivity contribution in [2.45, 2.75) is 26.3 Å². The first-order chi connectivity index (χ1) is 7.58. The molecule has 1 aliphatic heterocycles. The van der Waals surface area contributed by atoms with E-state index >= 15 is 0 Å². The van der Waals surface area contributed by atoms with Crippen LogP contribution in [-0.4, -0.2) is 28.4 Å². The molecule has 0 aromatic carbocycles. The molecule has 1 fully saturated rings. The van der Waals surface area contributed by atoms with Crippen molar-refractivity contribution in [1.29, 1.82) is 0 Å². The van der Waals surface area contributed by atoms with Crippen LogP contribution in [0.1, 0.15) is 30.1 Å². The van der Waals surface area contributed by atoms with Crippen LogP contribution in [0.3, 0.4) is 0 Å². The summed E-state index contributed by atoms with van der Waals surface area (Å²) < 4.78 is 0. The number of nitrogens with zero attached hydrogens (tertiary/aromatic N) is 2. The number of thiazole rings is 1. The Hall–Kier alpha value is -1.43. The Labute approximate surface area is 97.5 Å². The summed E-state index contributed by atoms with van der Waals surface area (Å²) >= 11 is 1.54. The van der Waals surface area contributed by atoms with Gasteiger partial charge in [-0.2, -0.15) is 0 Å². The quantitative estimate of drug-likeness (QED) is 0.849. The van der Waals surface area contributed by atoms with Crippen LogP contribution in [0.4, 0.5) is 4.79 Å². The molecule has 0 saturated carbocycles. The maximum atomic E-state index is 11.6. The predicted molar refractivity (Wildman–Crippen MR) is 60.1 cm³/mol. The number of aromatic nitrogens is 1. The Morgan fingerprint density at radius 2 is 2.31 bits per heavy atom.